The van der Waals surface area contributed by atoms with Crippen molar-refractivity contribution < 1.29 is 14.3 Å². The van der Waals surface area contributed by atoms with Crippen molar-refractivity contribution in [3.05, 3.63) is 35.9 Å². The maximum absolute atomic E-state index is 11.5. The lowest BCUT2D eigenvalue weighted by Crippen LogP contribution is -2.13. The molecular formula is C12H14O3. The highest BCUT2D eigenvalue weighted by atomic mass is 16.5. The molecule has 0 fully saturated rings. The van der Waals surface area contributed by atoms with Gasteiger partial charge >= 0.3 is 5.97 Å². The Hall–Kier alpha value is -1.64. The molecule has 0 unspecified atom stereocenters. The van der Waals surface area contributed by atoms with Crippen LogP contribution in [0.4, 0.5) is 0 Å². The van der Waals surface area contributed by atoms with Gasteiger partial charge in [-0.3, -0.25) is 9.59 Å². The number of ketones is 1. The first kappa shape index (κ1) is 11.4. The molecule has 80 valence electrons. The average Bonchev–Trinajstić information content (AvgIpc) is 2.27. The number of hydrogen-bond acceptors (Lipinski definition) is 3. The van der Waals surface area contributed by atoms with E-state index in [0.717, 1.165) is 6.42 Å². The SMILES string of the molecule is CCCC(=O)OCC(=O)c1ccccc1. The molecule has 0 saturated carbocycles. The molecule has 0 heterocycles. The van der Waals surface area contributed by atoms with E-state index in [2.05, 4.69) is 0 Å². The van der Waals surface area contributed by atoms with Crippen LogP contribution in [0.25, 0.3) is 0 Å². The fourth-order valence-electron chi connectivity index (χ4n) is 1.13. The molecule has 0 saturated heterocycles. The van der Waals surface area contributed by atoms with Gasteiger partial charge in [0, 0.05) is 12.0 Å². The van der Waals surface area contributed by atoms with Gasteiger partial charge in [0.15, 0.2) is 12.4 Å². The number of Topliss-reactive ketones (excluding diaryl/α,β-unsaturated/α-hetero) is 1. The van der Waals surface area contributed by atoms with E-state index in [1.807, 2.05) is 13.0 Å². The van der Waals surface area contributed by atoms with Crippen molar-refractivity contribution in [1.82, 2.24) is 0 Å². The summed E-state index contributed by atoms with van der Waals surface area (Å²) in [6.45, 7) is 1.73. The maximum Gasteiger partial charge on any atom is 0.306 e. The quantitative estimate of drug-likeness (QED) is 0.548. The molecule has 0 amide bonds. The van der Waals surface area contributed by atoms with Crippen molar-refractivity contribution >= 4 is 11.8 Å². The minimum Gasteiger partial charge on any atom is -0.457 e. The van der Waals surface area contributed by atoms with Crippen LogP contribution in [0.15, 0.2) is 30.3 Å². The van der Waals surface area contributed by atoms with Crippen molar-refractivity contribution in [2.24, 2.45) is 0 Å². The van der Waals surface area contributed by atoms with E-state index >= 15 is 0 Å². The Morgan fingerprint density at radius 1 is 1.20 bits per heavy atom. The zero-order valence-corrected chi connectivity index (χ0v) is 8.73. The molecule has 0 N–H and O–H groups in total. The third-order valence-corrected chi connectivity index (χ3v) is 1.91. The van der Waals surface area contributed by atoms with Gasteiger partial charge in [0.25, 0.3) is 0 Å². The predicted molar refractivity (Wildman–Crippen MR) is 56.6 cm³/mol. The van der Waals surface area contributed by atoms with Gasteiger partial charge in [-0.05, 0) is 6.42 Å². The van der Waals surface area contributed by atoms with E-state index in [-0.39, 0.29) is 18.4 Å². The summed E-state index contributed by atoms with van der Waals surface area (Å²) in [4.78, 5) is 22.5. The molecule has 1 aromatic rings. The summed E-state index contributed by atoms with van der Waals surface area (Å²) in [6, 6.07) is 8.80. The van der Waals surface area contributed by atoms with E-state index in [0.29, 0.717) is 12.0 Å². The highest BCUT2D eigenvalue weighted by molar-refractivity contribution is 5.97. The highest BCUT2D eigenvalue weighted by Crippen LogP contribution is 2.01. The van der Waals surface area contributed by atoms with Crippen LogP contribution in [0.5, 0.6) is 0 Å². The third-order valence-electron chi connectivity index (χ3n) is 1.91. The summed E-state index contributed by atoms with van der Waals surface area (Å²) in [5.41, 5.74) is 0.571. The number of carbonyl (C=O) groups is 2. The first-order valence-corrected chi connectivity index (χ1v) is 4.98. The van der Waals surface area contributed by atoms with Crippen LogP contribution in [0, 0.1) is 0 Å². The van der Waals surface area contributed by atoms with Crippen LogP contribution in [-0.2, 0) is 9.53 Å². The van der Waals surface area contributed by atoms with Crippen LogP contribution >= 0.6 is 0 Å². The summed E-state index contributed by atoms with van der Waals surface area (Å²) < 4.78 is 4.81. The highest BCUT2D eigenvalue weighted by Gasteiger charge is 2.08. The standard InChI is InChI=1S/C12H14O3/c1-2-6-12(14)15-9-11(13)10-7-4-3-5-8-10/h3-5,7-8H,2,6,9H2,1H3. The molecule has 3 nitrogen and oxygen atoms in total. The molecule has 0 aromatic heterocycles. The van der Waals surface area contributed by atoms with Crippen LogP contribution in [0.1, 0.15) is 30.1 Å². The van der Waals surface area contributed by atoms with E-state index in [1.54, 1.807) is 24.3 Å². The average molecular weight is 206 g/mol. The maximum atomic E-state index is 11.5. The van der Waals surface area contributed by atoms with E-state index in [9.17, 15) is 9.59 Å². The molecular weight excluding hydrogens is 192 g/mol. The molecule has 0 aliphatic rings. The first-order chi connectivity index (χ1) is 7.24. The minimum atomic E-state index is -0.318. The molecule has 0 atom stereocenters. The Bertz CT molecular complexity index is 330. The van der Waals surface area contributed by atoms with E-state index < -0.39 is 0 Å². The molecule has 3 heteroatoms. The summed E-state index contributed by atoms with van der Waals surface area (Å²) in [6.07, 6.45) is 1.10. The molecule has 0 aliphatic heterocycles. The lowest BCUT2D eigenvalue weighted by molar-refractivity contribution is -0.142. The van der Waals surface area contributed by atoms with Crippen LogP contribution < -0.4 is 0 Å². The molecule has 0 radical (unpaired) electrons. The van der Waals surface area contributed by atoms with Gasteiger partial charge in [0.2, 0.25) is 0 Å². The zero-order valence-electron chi connectivity index (χ0n) is 8.73. The summed E-state index contributed by atoms with van der Waals surface area (Å²) in [5, 5.41) is 0. The second-order valence-electron chi connectivity index (χ2n) is 3.20. The van der Waals surface area contributed by atoms with Gasteiger partial charge in [0.1, 0.15) is 0 Å². The lowest BCUT2D eigenvalue weighted by atomic mass is 10.1. The third kappa shape index (κ3) is 3.94. The monoisotopic (exact) mass is 206 g/mol. The number of carbonyl (C=O) groups excluding carboxylic acids is 2. The number of hydrogen-bond donors (Lipinski definition) is 0. The number of rotatable bonds is 5. The van der Waals surface area contributed by atoms with Crippen LogP contribution in [-0.4, -0.2) is 18.4 Å². The molecule has 1 aromatic carbocycles. The Morgan fingerprint density at radius 3 is 2.47 bits per heavy atom. The first-order valence-electron chi connectivity index (χ1n) is 4.98. The van der Waals surface area contributed by atoms with Gasteiger partial charge in [0.05, 0.1) is 0 Å². The summed E-state index contributed by atoms with van der Waals surface area (Å²) in [5.74, 6) is -0.484. The number of ether oxygens (including phenoxy) is 1. The summed E-state index contributed by atoms with van der Waals surface area (Å²) >= 11 is 0. The molecule has 1 rings (SSSR count). The molecule has 0 bridgehead atoms. The van der Waals surface area contributed by atoms with Gasteiger partial charge in [-0.2, -0.15) is 0 Å². The smallest absolute Gasteiger partial charge is 0.306 e. The number of esters is 1. The second-order valence-corrected chi connectivity index (χ2v) is 3.20. The van der Waals surface area contributed by atoms with Gasteiger partial charge in [-0.25, -0.2) is 0 Å². The van der Waals surface area contributed by atoms with Crippen molar-refractivity contribution in [3.8, 4) is 0 Å². The molecule has 15 heavy (non-hydrogen) atoms. The van der Waals surface area contributed by atoms with Gasteiger partial charge in [-0.15, -0.1) is 0 Å². The number of benzene rings is 1. The topological polar surface area (TPSA) is 43.4 Å². The molecule has 0 spiro atoms. The Labute approximate surface area is 89.1 Å². The largest absolute Gasteiger partial charge is 0.457 e. The van der Waals surface area contributed by atoms with Crippen molar-refractivity contribution in [2.75, 3.05) is 6.61 Å². The second kappa shape index (κ2) is 5.96. The van der Waals surface area contributed by atoms with Crippen LogP contribution in [0.3, 0.4) is 0 Å². The minimum absolute atomic E-state index is 0.164. The normalized spacial score (nSPS) is 9.67. The van der Waals surface area contributed by atoms with E-state index in [1.165, 1.54) is 0 Å². The van der Waals surface area contributed by atoms with Gasteiger partial charge < -0.3 is 4.74 Å². The zero-order chi connectivity index (χ0) is 11.1. The van der Waals surface area contributed by atoms with Gasteiger partial charge in [-0.1, -0.05) is 37.3 Å². The van der Waals surface area contributed by atoms with Crippen LogP contribution in [0.2, 0.25) is 0 Å². The summed E-state index contributed by atoms with van der Waals surface area (Å²) in [7, 11) is 0. The van der Waals surface area contributed by atoms with Crippen molar-refractivity contribution in [3.63, 3.8) is 0 Å². The van der Waals surface area contributed by atoms with E-state index in [4.69, 9.17) is 4.74 Å². The van der Waals surface area contributed by atoms with Crippen molar-refractivity contribution in [2.45, 2.75) is 19.8 Å². The fourth-order valence-corrected chi connectivity index (χ4v) is 1.13. The van der Waals surface area contributed by atoms with Crippen molar-refractivity contribution in [1.29, 1.82) is 0 Å². The fraction of sp³-hybridized carbons (Fsp3) is 0.333. The Kier molecular flexibility index (Phi) is 4.54. The Morgan fingerprint density at radius 2 is 1.87 bits per heavy atom. The predicted octanol–water partition coefficient (Wildman–Crippen LogP) is 2.21. The Balaban J connectivity index is 2.40. The lowest BCUT2D eigenvalue weighted by Gasteiger charge is -2.02. The molecule has 0 aliphatic carbocycles.